The summed E-state index contributed by atoms with van der Waals surface area (Å²) in [5.74, 6) is 0.107. The molecule has 5 nitrogen and oxygen atoms in total. The summed E-state index contributed by atoms with van der Waals surface area (Å²) in [7, 11) is 0. The number of hydrogen-bond donors (Lipinski definition) is 1. The van der Waals surface area contributed by atoms with Gasteiger partial charge in [0.25, 0.3) is 0 Å². The molecule has 2 aromatic rings. The summed E-state index contributed by atoms with van der Waals surface area (Å²) in [6.45, 7) is 3.61. The number of thiophene rings is 1. The molecule has 2 amide bonds. The lowest BCUT2D eigenvalue weighted by molar-refractivity contribution is -0.117. The number of hydrogen-bond acceptors (Lipinski definition) is 4. The van der Waals surface area contributed by atoms with Crippen molar-refractivity contribution in [3.8, 4) is 0 Å². The van der Waals surface area contributed by atoms with E-state index >= 15 is 0 Å². The van der Waals surface area contributed by atoms with Crippen LogP contribution in [0.25, 0.3) is 6.08 Å². The minimum absolute atomic E-state index is 0.0791. The topological polar surface area (TPSA) is 52.7 Å². The molecule has 0 aliphatic carbocycles. The Hall–Kier alpha value is -2.44. The zero-order valence-corrected chi connectivity index (χ0v) is 17.4. The highest BCUT2D eigenvalue weighted by atomic mass is 32.1. The van der Waals surface area contributed by atoms with Crippen LogP contribution in [0, 0.1) is 0 Å². The van der Waals surface area contributed by atoms with Gasteiger partial charge in [-0.2, -0.15) is 0 Å². The van der Waals surface area contributed by atoms with Crippen molar-refractivity contribution in [3.63, 3.8) is 0 Å². The number of nitrogens with zero attached hydrogens (tertiary/aromatic N) is 2. The molecule has 2 saturated heterocycles. The fourth-order valence-electron chi connectivity index (χ4n) is 4.06. The van der Waals surface area contributed by atoms with Crippen molar-refractivity contribution in [2.45, 2.75) is 31.7 Å². The van der Waals surface area contributed by atoms with E-state index in [1.54, 1.807) is 17.4 Å². The van der Waals surface area contributed by atoms with E-state index < -0.39 is 0 Å². The van der Waals surface area contributed by atoms with Crippen molar-refractivity contribution in [1.82, 2.24) is 10.2 Å². The summed E-state index contributed by atoms with van der Waals surface area (Å²) in [5, 5.41) is 5.16. The first-order chi connectivity index (χ1) is 14.2. The molecule has 2 fully saturated rings. The molecule has 0 radical (unpaired) electrons. The summed E-state index contributed by atoms with van der Waals surface area (Å²) < 4.78 is 0. The van der Waals surface area contributed by atoms with E-state index in [2.05, 4.69) is 27.7 Å². The van der Waals surface area contributed by atoms with E-state index in [9.17, 15) is 9.59 Å². The average molecular weight is 410 g/mol. The van der Waals surface area contributed by atoms with E-state index in [0.717, 1.165) is 37.3 Å². The number of anilines is 1. The third-order valence-electron chi connectivity index (χ3n) is 5.63. The normalized spacial score (nSPS) is 18.6. The number of likely N-dealkylation sites (tertiary alicyclic amines) is 1. The Morgan fingerprint density at radius 1 is 1.10 bits per heavy atom. The molecule has 1 unspecified atom stereocenters. The Bertz CT molecular complexity index is 855. The van der Waals surface area contributed by atoms with Gasteiger partial charge < -0.3 is 10.2 Å². The van der Waals surface area contributed by atoms with Crippen LogP contribution in [-0.4, -0.2) is 42.9 Å². The molecule has 2 aliphatic heterocycles. The third-order valence-corrected chi connectivity index (χ3v) is 6.60. The van der Waals surface area contributed by atoms with Gasteiger partial charge in [0.1, 0.15) is 0 Å². The highest BCUT2D eigenvalue weighted by Gasteiger charge is 2.24. The Morgan fingerprint density at radius 2 is 1.90 bits per heavy atom. The van der Waals surface area contributed by atoms with Gasteiger partial charge in [-0.1, -0.05) is 18.2 Å². The van der Waals surface area contributed by atoms with Gasteiger partial charge in [-0.05, 0) is 67.6 Å². The molecule has 0 bridgehead atoms. The van der Waals surface area contributed by atoms with Gasteiger partial charge in [0.2, 0.25) is 11.8 Å². The minimum atomic E-state index is -0.0791. The molecule has 0 spiro atoms. The van der Waals surface area contributed by atoms with Crippen LogP contribution < -0.4 is 10.2 Å². The molecule has 1 aromatic carbocycles. The van der Waals surface area contributed by atoms with Gasteiger partial charge in [0, 0.05) is 36.2 Å². The predicted octanol–water partition coefficient (Wildman–Crippen LogP) is 3.84. The lowest BCUT2D eigenvalue weighted by atomic mass is 10.1. The van der Waals surface area contributed by atoms with Gasteiger partial charge in [-0.3, -0.25) is 14.5 Å². The Balaban J connectivity index is 1.32. The maximum atomic E-state index is 12.4. The fourth-order valence-corrected chi connectivity index (χ4v) is 4.92. The van der Waals surface area contributed by atoms with Gasteiger partial charge in [-0.25, -0.2) is 0 Å². The first-order valence-electron chi connectivity index (χ1n) is 10.3. The van der Waals surface area contributed by atoms with E-state index in [1.807, 2.05) is 35.2 Å². The van der Waals surface area contributed by atoms with Crippen LogP contribution in [0.5, 0.6) is 0 Å². The van der Waals surface area contributed by atoms with Crippen LogP contribution in [0.1, 0.15) is 42.2 Å². The van der Waals surface area contributed by atoms with Crippen LogP contribution >= 0.6 is 11.3 Å². The molecule has 4 rings (SSSR count). The second kappa shape index (κ2) is 9.37. The first kappa shape index (κ1) is 19.9. The zero-order chi connectivity index (χ0) is 20.1. The van der Waals surface area contributed by atoms with Crippen LogP contribution in [0.3, 0.4) is 0 Å². The monoisotopic (exact) mass is 409 g/mol. The van der Waals surface area contributed by atoms with E-state index in [1.165, 1.54) is 17.7 Å². The van der Waals surface area contributed by atoms with Gasteiger partial charge in [0.15, 0.2) is 0 Å². The Morgan fingerprint density at radius 3 is 2.55 bits per heavy atom. The molecule has 2 aliphatic rings. The van der Waals surface area contributed by atoms with Crippen LogP contribution in [-0.2, 0) is 9.59 Å². The predicted molar refractivity (Wildman–Crippen MR) is 118 cm³/mol. The van der Waals surface area contributed by atoms with Gasteiger partial charge >= 0.3 is 0 Å². The van der Waals surface area contributed by atoms with Crippen molar-refractivity contribution < 1.29 is 9.59 Å². The number of carbonyl (C=O) groups is 2. The zero-order valence-electron chi connectivity index (χ0n) is 16.5. The fraction of sp³-hybridized carbons (Fsp3) is 0.391. The summed E-state index contributed by atoms with van der Waals surface area (Å²) in [4.78, 5) is 29.8. The molecule has 0 saturated carbocycles. The van der Waals surface area contributed by atoms with Crippen LogP contribution in [0.4, 0.5) is 5.69 Å². The summed E-state index contributed by atoms with van der Waals surface area (Å²) >= 11 is 1.75. The molecule has 29 heavy (non-hydrogen) atoms. The maximum absolute atomic E-state index is 12.4. The molecular weight excluding hydrogens is 382 g/mol. The molecule has 1 N–H and O–H groups in total. The number of amides is 2. The third kappa shape index (κ3) is 4.95. The average Bonchev–Trinajstić information content (AvgIpc) is 3.50. The lowest BCUT2D eigenvalue weighted by Crippen LogP contribution is -2.35. The Labute approximate surface area is 176 Å². The molecule has 1 aromatic heterocycles. The number of carbonyl (C=O) groups excluding carboxylic acids is 2. The maximum Gasteiger partial charge on any atom is 0.244 e. The standard InChI is InChI=1S/C23H27N3O2S/c27-22(24-17-20(21-5-4-16-29-21)25-13-1-2-14-25)12-9-18-7-10-19(11-8-18)26-15-3-6-23(26)28/h4-5,7-12,16,20H,1-3,6,13-15,17H2,(H,24,27)/b12-9+. The number of rotatable bonds is 7. The largest absolute Gasteiger partial charge is 0.351 e. The van der Waals surface area contributed by atoms with Gasteiger partial charge in [0.05, 0.1) is 6.04 Å². The highest BCUT2D eigenvalue weighted by Crippen LogP contribution is 2.28. The van der Waals surface area contributed by atoms with Gasteiger partial charge in [-0.15, -0.1) is 11.3 Å². The van der Waals surface area contributed by atoms with E-state index in [4.69, 9.17) is 0 Å². The van der Waals surface area contributed by atoms with Crippen LogP contribution in [0.15, 0.2) is 47.9 Å². The Kier molecular flexibility index (Phi) is 6.42. The number of benzene rings is 1. The van der Waals surface area contributed by atoms with Crippen molar-refractivity contribution in [2.24, 2.45) is 0 Å². The molecular formula is C23H27N3O2S. The van der Waals surface area contributed by atoms with E-state index in [-0.39, 0.29) is 17.9 Å². The smallest absolute Gasteiger partial charge is 0.244 e. The quantitative estimate of drug-likeness (QED) is 0.707. The number of nitrogens with one attached hydrogen (secondary N) is 1. The minimum Gasteiger partial charge on any atom is -0.351 e. The first-order valence-corrected chi connectivity index (χ1v) is 11.2. The van der Waals surface area contributed by atoms with Crippen LogP contribution in [0.2, 0.25) is 0 Å². The molecule has 3 heterocycles. The highest BCUT2D eigenvalue weighted by molar-refractivity contribution is 7.10. The van der Waals surface area contributed by atoms with Crippen molar-refractivity contribution in [1.29, 1.82) is 0 Å². The SMILES string of the molecule is O=C(/C=C/c1ccc(N2CCCC2=O)cc1)NCC(c1cccs1)N1CCCC1. The second-order valence-electron chi connectivity index (χ2n) is 7.59. The summed E-state index contributed by atoms with van der Waals surface area (Å²) in [5.41, 5.74) is 1.88. The molecule has 1 atom stereocenters. The van der Waals surface area contributed by atoms with E-state index in [0.29, 0.717) is 13.0 Å². The van der Waals surface area contributed by atoms with Crippen molar-refractivity contribution in [2.75, 3.05) is 31.1 Å². The lowest BCUT2D eigenvalue weighted by Gasteiger charge is -2.26. The van der Waals surface area contributed by atoms with Crippen molar-refractivity contribution in [3.05, 3.63) is 58.3 Å². The summed E-state index contributed by atoms with van der Waals surface area (Å²) in [6.07, 6.45) is 7.42. The molecule has 152 valence electrons. The second-order valence-corrected chi connectivity index (χ2v) is 8.57. The summed E-state index contributed by atoms with van der Waals surface area (Å²) in [6, 6.07) is 12.3. The molecule has 6 heteroatoms. The van der Waals surface area contributed by atoms with Crippen molar-refractivity contribution >= 4 is 34.9 Å².